The van der Waals surface area contributed by atoms with Crippen LogP contribution in [-0.4, -0.2) is 54.6 Å². The number of piperidine rings is 1. The molecule has 94 valence electrons. The summed E-state index contributed by atoms with van der Waals surface area (Å²) in [6.07, 6.45) is 6.68. The zero-order chi connectivity index (χ0) is 11.4. The monoisotopic (exact) mass is 225 g/mol. The van der Waals surface area contributed by atoms with Crippen molar-refractivity contribution in [1.82, 2.24) is 9.80 Å². The third-order valence-corrected chi connectivity index (χ3v) is 4.36. The van der Waals surface area contributed by atoms with Crippen molar-refractivity contribution in [3.8, 4) is 0 Å². The molecule has 0 saturated carbocycles. The molecule has 2 unspecified atom stereocenters. The predicted molar refractivity (Wildman–Crippen MR) is 68.5 cm³/mol. The van der Waals surface area contributed by atoms with Gasteiger partial charge in [-0.3, -0.25) is 9.80 Å². The first-order valence-corrected chi connectivity index (χ1v) is 7.03. The van der Waals surface area contributed by atoms with Crippen LogP contribution in [0, 0.1) is 0 Å². The third-order valence-electron chi connectivity index (χ3n) is 4.36. The van der Waals surface area contributed by atoms with E-state index in [-0.39, 0.29) is 0 Å². The van der Waals surface area contributed by atoms with Crippen LogP contribution in [0.15, 0.2) is 0 Å². The Kier molecular flexibility index (Phi) is 4.62. The number of hydrogen-bond acceptors (Lipinski definition) is 3. The van der Waals surface area contributed by atoms with Crippen molar-refractivity contribution >= 4 is 0 Å². The van der Waals surface area contributed by atoms with Gasteiger partial charge in [0.25, 0.3) is 0 Å². The number of nitrogens with zero attached hydrogens (tertiary/aromatic N) is 2. The van der Waals surface area contributed by atoms with Gasteiger partial charge in [0, 0.05) is 31.7 Å². The fraction of sp³-hybridized carbons (Fsp3) is 1.00. The number of fused-ring (bicyclic) bond motifs is 1. The van der Waals surface area contributed by atoms with Gasteiger partial charge in [0.1, 0.15) is 0 Å². The second kappa shape index (κ2) is 5.99. The Labute approximate surface area is 100.0 Å². The van der Waals surface area contributed by atoms with Crippen LogP contribution >= 0.6 is 0 Å². The number of rotatable bonds is 4. The first-order chi connectivity index (χ1) is 7.85. The van der Waals surface area contributed by atoms with E-state index in [1.807, 2.05) is 0 Å². The van der Waals surface area contributed by atoms with E-state index in [0.29, 0.717) is 0 Å². The lowest BCUT2D eigenvalue weighted by atomic mass is 9.97. The molecule has 0 aromatic heterocycles. The van der Waals surface area contributed by atoms with E-state index in [4.69, 9.17) is 5.73 Å². The molecule has 2 rings (SSSR count). The summed E-state index contributed by atoms with van der Waals surface area (Å²) >= 11 is 0. The van der Waals surface area contributed by atoms with Gasteiger partial charge in [0.15, 0.2) is 0 Å². The minimum Gasteiger partial charge on any atom is -0.330 e. The van der Waals surface area contributed by atoms with E-state index in [1.54, 1.807) is 0 Å². The quantitative estimate of drug-likeness (QED) is 0.782. The zero-order valence-corrected chi connectivity index (χ0v) is 10.7. The summed E-state index contributed by atoms with van der Waals surface area (Å²) in [5, 5.41) is 0. The number of hydrogen-bond donors (Lipinski definition) is 1. The van der Waals surface area contributed by atoms with Gasteiger partial charge in [-0.2, -0.15) is 0 Å². The average molecular weight is 225 g/mol. The van der Waals surface area contributed by atoms with Crippen LogP contribution in [0.2, 0.25) is 0 Å². The maximum absolute atomic E-state index is 5.71. The molecule has 2 aliphatic heterocycles. The first-order valence-electron chi connectivity index (χ1n) is 7.03. The summed E-state index contributed by atoms with van der Waals surface area (Å²) in [6, 6.07) is 1.57. The molecule has 0 amide bonds. The van der Waals surface area contributed by atoms with E-state index in [9.17, 15) is 0 Å². The number of piperazine rings is 1. The van der Waals surface area contributed by atoms with Crippen LogP contribution in [-0.2, 0) is 0 Å². The van der Waals surface area contributed by atoms with E-state index in [0.717, 1.165) is 18.6 Å². The molecule has 0 aromatic rings. The van der Waals surface area contributed by atoms with Gasteiger partial charge in [0.05, 0.1) is 0 Å². The molecule has 0 radical (unpaired) electrons. The maximum Gasteiger partial charge on any atom is 0.0223 e. The van der Waals surface area contributed by atoms with Crippen molar-refractivity contribution in [2.24, 2.45) is 5.73 Å². The second-order valence-corrected chi connectivity index (χ2v) is 5.32. The molecular formula is C13H27N3. The molecule has 2 aliphatic rings. The number of nitrogens with two attached hydrogens (primary N) is 1. The fourth-order valence-electron chi connectivity index (χ4n) is 3.35. The summed E-state index contributed by atoms with van der Waals surface area (Å²) in [5.74, 6) is 0. The maximum atomic E-state index is 5.71. The predicted octanol–water partition coefficient (Wildman–Crippen LogP) is 1.28. The van der Waals surface area contributed by atoms with Crippen molar-refractivity contribution in [1.29, 1.82) is 0 Å². The fourth-order valence-corrected chi connectivity index (χ4v) is 3.35. The van der Waals surface area contributed by atoms with Crippen molar-refractivity contribution in [2.75, 3.05) is 32.7 Å². The smallest absolute Gasteiger partial charge is 0.0223 e. The first kappa shape index (κ1) is 12.3. The Bertz CT molecular complexity index is 207. The van der Waals surface area contributed by atoms with Gasteiger partial charge in [-0.05, 0) is 38.8 Å². The molecule has 3 nitrogen and oxygen atoms in total. The normalized spacial score (nSPS) is 30.0. The molecule has 2 atom stereocenters. The Hall–Kier alpha value is -0.120. The second-order valence-electron chi connectivity index (χ2n) is 5.32. The minimum absolute atomic E-state index is 0.731. The van der Waals surface area contributed by atoms with E-state index in [2.05, 4.69) is 16.7 Å². The van der Waals surface area contributed by atoms with Gasteiger partial charge in [0.2, 0.25) is 0 Å². The highest BCUT2D eigenvalue weighted by Gasteiger charge is 2.31. The molecule has 16 heavy (non-hydrogen) atoms. The van der Waals surface area contributed by atoms with Crippen LogP contribution in [0.25, 0.3) is 0 Å². The van der Waals surface area contributed by atoms with Gasteiger partial charge in [-0.15, -0.1) is 0 Å². The summed E-state index contributed by atoms with van der Waals surface area (Å²) in [5.41, 5.74) is 5.71. The largest absolute Gasteiger partial charge is 0.330 e. The molecule has 2 saturated heterocycles. The topological polar surface area (TPSA) is 32.5 Å². The Morgan fingerprint density at radius 3 is 2.88 bits per heavy atom. The summed E-state index contributed by atoms with van der Waals surface area (Å²) < 4.78 is 0. The lowest BCUT2D eigenvalue weighted by molar-refractivity contribution is 0.0249. The van der Waals surface area contributed by atoms with Crippen molar-refractivity contribution in [3.63, 3.8) is 0 Å². The standard InChI is InChI=1S/C13H27N3/c1-2-12(6-7-14)16-10-9-15-8-4-3-5-13(15)11-16/h12-13H,2-11,14H2,1H3. The van der Waals surface area contributed by atoms with Crippen molar-refractivity contribution in [2.45, 2.75) is 51.1 Å². The van der Waals surface area contributed by atoms with Gasteiger partial charge in [-0.25, -0.2) is 0 Å². The minimum atomic E-state index is 0.731. The van der Waals surface area contributed by atoms with E-state index in [1.165, 1.54) is 58.3 Å². The summed E-state index contributed by atoms with van der Waals surface area (Å²) in [7, 11) is 0. The van der Waals surface area contributed by atoms with Crippen LogP contribution in [0.3, 0.4) is 0 Å². The highest BCUT2D eigenvalue weighted by Crippen LogP contribution is 2.23. The molecule has 2 fully saturated rings. The van der Waals surface area contributed by atoms with Crippen LogP contribution in [0.5, 0.6) is 0 Å². The lowest BCUT2D eigenvalue weighted by Gasteiger charge is -2.46. The molecule has 0 aliphatic carbocycles. The summed E-state index contributed by atoms with van der Waals surface area (Å²) in [4.78, 5) is 5.40. The molecular weight excluding hydrogens is 198 g/mol. The van der Waals surface area contributed by atoms with Gasteiger partial charge >= 0.3 is 0 Å². The molecule has 2 N–H and O–H groups in total. The van der Waals surface area contributed by atoms with Crippen molar-refractivity contribution in [3.05, 3.63) is 0 Å². The molecule has 0 spiro atoms. The van der Waals surface area contributed by atoms with E-state index >= 15 is 0 Å². The molecule has 2 heterocycles. The van der Waals surface area contributed by atoms with Crippen LogP contribution in [0.1, 0.15) is 39.0 Å². The lowest BCUT2D eigenvalue weighted by Crippen LogP contribution is -2.57. The highest BCUT2D eigenvalue weighted by atomic mass is 15.3. The Morgan fingerprint density at radius 2 is 2.12 bits per heavy atom. The van der Waals surface area contributed by atoms with Crippen LogP contribution < -0.4 is 5.73 Å². The summed E-state index contributed by atoms with van der Waals surface area (Å²) in [6.45, 7) is 8.31. The van der Waals surface area contributed by atoms with Gasteiger partial charge in [-0.1, -0.05) is 13.3 Å². The molecule has 3 heteroatoms. The highest BCUT2D eigenvalue weighted by molar-refractivity contribution is 4.87. The zero-order valence-electron chi connectivity index (χ0n) is 10.7. The van der Waals surface area contributed by atoms with Gasteiger partial charge < -0.3 is 5.73 Å². The van der Waals surface area contributed by atoms with Crippen LogP contribution in [0.4, 0.5) is 0 Å². The van der Waals surface area contributed by atoms with Crippen molar-refractivity contribution < 1.29 is 0 Å². The molecule has 0 aromatic carbocycles. The van der Waals surface area contributed by atoms with E-state index < -0.39 is 0 Å². The third kappa shape index (κ3) is 2.76. The Balaban J connectivity index is 1.88. The Morgan fingerprint density at radius 1 is 1.25 bits per heavy atom. The SMILES string of the molecule is CCC(CCN)N1CCN2CCCCC2C1. The average Bonchev–Trinajstić information content (AvgIpc) is 2.35. The molecule has 0 bridgehead atoms.